The summed E-state index contributed by atoms with van der Waals surface area (Å²) in [5, 5.41) is 2.67. The van der Waals surface area contributed by atoms with Gasteiger partial charge in [-0.25, -0.2) is 4.98 Å². The maximum atomic E-state index is 12.5. The number of pyridine rings is 1. The predicted molar refractivity (Wildman–Crippen MR) is 112 cm³/mol. The van der Waals surface area contributed by atoms with Gasteiger partial charge < -0.3 is 20.5 Å². The molecule has 0 saturated carbocycles. The van der Waals surface area contributed by atoms with E-state index in [0.29, 0.717) is 19.3 Å². The molecular formula is C16H24ClF3IN5O2. The van der Waals surface area contributed by atoms with Crippen LogP contribution in [0.2, 0.25) is 5.02 Å². The zero-order valence-corrected chi connectivity index (χ0v) is 18.3. The highest BCUT2D eigenvalue weighted by Crippen LogP contribution is 2.32. The van der Waals surface area contributed by atoms with Crippen molar-refractivity contribution in [3.05, 3.63) is 22.8 Å². The first-order valence-electron chi connectivity index (χ1n) is 8.55. The quantitative estimate of drug-likeness (QED) is 0.229. The number of hydrogen-bond acceptors (Lipinski definition) is 5. The molecule has 0 bridgehead atoms. The predicted octanol–water partition coefficient (Wildman–Crippen LogP) is 2.38. The van der Waals surface area contributed by atoms with E-state index in [0.717, 1.165) is 45.3 Å². The second-order valence-electron chi connectivity index (χ2n) is 5.86. The zero-order valence-electron chi connectivity index (χ0n) is 15.2. The van der Waals surface area contributed by atoms with E-state index in [1.165, 1.54) is 0 Å². The van der Waals surface area contributed by atoms with Crippen LogP contribution in [0, 0.1) is 0 Å². The lowest BCUT2D eigenvalue weighted by Gasteiger charge is -2.26. The minimum Gasteiger partial charge on any atom is -0.475 e. The van der Waals surface area contributed by atoms with Gasteiger partial charge in [0.15, 0.2) is 5.96 Å². The highest BCUT2D eigenvalue weighted by Gasteiger charge is 2.31. The van der Waals surface area contributed by atoms with Crippen molar-refractivity contribution in [2.24, 2.45) is 10.7 Å². The normalized spacial score (nSPS) is 15.8. The summed E-state index contributed by atoms with van der Waals surface area (Å²) in [6.07, 6.45) is -2.92. The molecule has 0 amide bonds. The maximum absolute atomic E-state index is 12.5. The van der Waals surface area contributed by atoms with Crippen LogP contribution in [0.25, 0.3) is 0 Å². The highest BCUT2D eigenvalue weighted by atomic mass is 127. The molecule has 3 N–H and O–H groups in total. The van der Waals surface area contributed by atoms with Gasteiger partial charge in [-0.3, -0.25) is 9.89 Å². The van der Waals surface area contributed by atoms with Crippen LogP contribution in [-0.4, -0.2) is 68.4 Å². The first kappa shape index (κ1) is 25.0. The Morgan fingerprint density at radius 2 is 2.11 bits per heavy atom. The summed E-state index contributed by atoms with van der Waals surface area (Å²) in [5.41, 5.74) is 4.83. The first-order valence-corrected chi connectivity index (χ1v) is 8.93. The van der Waals surface area contributed by atoms with E-state index in [2.05, 4.69) is 20.2 Å². The van der Waals surface area contributed by atoms with Gasteiger partial charge in [-0.1, -0.05) is 11.6 Å². The number of guanidine groups is 1. The number of aliphatic imine (C=N–C) groups is 1. The number of aromatic nitrogens is 1. The van der Waals surface area contributed by atoms with Gasteiger partial charge >= 0.3 is 6.18 Å². The molecule has 1 saturated heterocycles. The number of alkyl halides is 3. The molecule has 0 atom stereocenters. The fraction of sp³-hybridized carbons (Fsp3) is 0.625. The molecule has 2 heterocycles. The van der Waals surface area contributed by atoms with Crippen LogP contribution in [0.4, 0.5) is 13.2 Å². The van der Waals surface area contributed by atoms with E-state index < -0.39 is 11.7 Å². The van der Waals surface area contributed by atoms with E-state index >= 15 is 0 Å². The molecule has 12 heteroatoms. The molecule has 7 nitrogen and oxygen atoms in total. The summed E-state index contributed by atoms with van der Waals surface area (Å²) >= 11 is 5.76. The minimum atomic E-state index is -4.50. The summed E-state index contributed by atoms with van der Waals surface area (Å²) < 4.78 is 48.2. The highest BCUT2D eigenvalue weighted by molar-refractivity contribution is 14.0. The summed E-state index contributed by atoms with van der Waals surface area (Å²) in [5.74, 6) is 0.222. The number of nitrogens with zero attached hydrogens (tertiary/aromatic N) is 3. The Hall–Kier alpha value is -1.05. The van der Waals surface area contributed by atoms with E-state index in [-0.39, 0.29) is 47.4 Å². The molecule has 1 aromatic rings. The summed E-state index contributed by atoms with van der Waals surface area (Å²) in [6, 6.07) is 0.779. The van der Waals surface area contributed by atoms with Crippen molar-refractivity contribution in [1.29, 1.82) is 0 Å². The largest absolute Gasteiger partial charge is 0.475 e. The molecule has 0 aliphatic carbocycles. The Balaban J connectivity index is 0.00000392. The van der Waals surface area contributed by atoms with Crippen LogP contribution in [0.1, 0.15) is 12.0 Å². The van der Waals surface area contributed by atoms with Gasteiger partial charge in [0.2, 0.25) is 5.88 Å². The van der Waals surface area contributed by atoms with E-state index in [4.69, 9.17) is 26.8 Å². The summed E-state index contributed by atoms with van der Waals surface area (Å²) in [7, 11) is 0. The van der Waals surface area contributed by atoms with E-state index in [1.807, 2.05) is 0 Å². The van der Waals surface area contributed by atoms with Crippen molar-refractivity contribution in [1.82, 2.24) is 15.2 Å². The van der Waals surface area contributed by atoms with Crippen LogP contribution in [0.15, 0.2) is 17.3 Å². The van der Waals surface area contributed by atoms with Crippen LogP contribution < -0.4 is 15.8 Å². The third kappa shape index (κ3) is 8.97. The topological polar surface area (TPSA) is 85.0 Å². The Kier molecular flexibility index (Phi) is 11.2. The minimum absolute atomic E-state index is 0. The number of ether oxygens (including phenoxy) is 2. The van der Waals surface area contributed by atoms with Gasteiger partial charge in [-0.15, -0.1) is 24.0 Å². The number of nitrogens with one attached hydrogen (secondary N) is 1. The van der Waals surface area contributed by atoms with Crippen LogP contribution in [0.5, 0.6) is 5.88 Å². The van der Waals surface area contributed by atoms with Crippen molar-refractivity contribution in [2.45, 2.75) is 12.6 Å². The summed E-state index contributed by atoms with van der Waals surface area (Å²) in [4.78, 5) is 10.1. The monoisotopic (exact) mass is 537 g/mol. The van der Waals surface area contributed by atoms with E-state index in [1.54, 1.807) is 0 Å². The van der Waals surface area contributed by atoms with Crippen molar-refractivity contribution < 1.29 is 22.6 Å². The molecule has 0 spiro atoms. The average molecular weight is 538 g/mol. The van der Waals surface area contributed by atoms with Crippen LogP contribution in [-0.2, 0) is 10.9 Å². The molecule has 0 unspecified atom stereocenters. The lowest BCUT2D eigenvalue weighted by molar-refractivity contribution is -0.137. The van der Waals surface area contributed by atoms with E-state index in [9.17, 15) is 13.2 Å². The van der Waals surface area contributed by atoms with Crippen LogP contribution >= 0.6 is 35.6 Å². The molecule has 1 aliphatic heterocycles. The van der Waals surface area contributed by atoms with Gasteiger partial charge in [-0.2, -0.15) is 13.2 Å². The molecule has 1 aliphatic rings. The SMILES string of the molecule is I.NC(=NCCCN1CCOCC1)NCCOc1ncc(C(F)(F)F)cc1Cl. The molecule has 1 fully saturated rings. The van der Waals surface area contributed by atoms with Gasteiger partial charge in [0, 0.05) is 32.4 Å². The molecule has 1 aromatic heterocycles. The average Bonchev–Trinajstić information content (AvgIpc) is 2.63. The molecular weight excluding hydrogens is 514 g/mol. The number of halogens is 5. The Morgan fingerprint density at radius 3 is 2.75 bits per heavy atom. The Labute approximate surface area is 183 Å². The first-order chi connectivity index (χ1) is 12.9. The fourth-order valence-corrected chi connectivity index (χ4v) is 2.61. The molecule has 28 heavy (non-hydrogen) atoms. The molecule has 160 valence electrons. The van der Waals surface area contributed by atoms with Crippen molar-refractivity contribution in [3.8, 4) is 5.88 Å². The van der Waals surface area contributed by atoms with Gasteiger partial charge in [0.1, 0.15) is 11.6 Å². The molecule has 2 rings (SSSR count). The second-order valence-corrected chi connectivity index (χ2v) is 6.27. The van der Waals surface area contributed by atoms with Crippen LogP contribution in [0.3, 0.4) is 0 Å². The van der Waals surface area contributed by atoms with Crippen molar-refractivity contribution >= 4 is 41.5 Å². The van der Waals surface area contributed by atoms with Gasteiger partial charge in [0.05, 0.1) is 25.3 Å². The van der Waals surface area contributed by atoms with Gasteiger partial charge in [0.25, 0.3) is 0 Å². The lowest BCUT2D eigenvalue weighted by Crippen LogP contribution is -2.37. The maximum Gasteiger partial charge on any atom is 0.417 e. The van der Waals surface area contributed by atoms with Gasteiger partial charge in [-0.05, 0) is 12.5 Å². The number of morpholine rings is 1. The Bertz CT molecular complexity index is 631. The zero-order chi connectivity index (χ0) is 19.7. The molecule has 0 aromatic carbocycles. The summed E-state index contributed by atoms with van der Waals surface area (Å²) in [6.45, 7) is 5.41. The van der Waals surface area contributed by atoms with Crippen molar-refractivity contribution in [3.63, 3.8) is 0 Å². The fourth-order valence-electron chi connectivity index (χ4n) is 2.39. The number of hydrogen-bond donors (Lipinski definition) is 2. The molecule has 0 radical (unpaired) electrons. The second kappa shape index (κ2) is 12.5. The standard InChI is InChI=1S/C16H23ClF3N5O2.HI/c17-13-10-12(16(18,19)20)11-24-14(13)27-7-3-23-15(21)22-2-1-4-25-5-8-26-9-6-25;/h10-11H,1-9H2,(H3,21,22,23);1H. The number of nitrogens with two attached hydrogens (primary N) is 1. The Morgan fingerprint density at radius 1 is 1.39 bits per heavy atom. The lowest BCUT2D eigenvalue weighted by atomic mass is 10.3. The smallest absolute Gasteiger partial charge is 0.417 e. The van der Waals surface area contributed by atoms with Crippen molar-refractivity contribution in [2.75, 3.05) is 52.5 Å². The number of rotatable bonds is 8. The third-order valence-electron chi connectivity index (χ3n) is 3.80. The third-order valence-corrected chi connectivity index (χ3v) is 4.07.